The van der Waals surface area contributed by atoms with Crippen LogP contribution in [-0.2, 0) is 0 Å². The van der Waals surface area contributed by atoms with Crippen molar-refractivity contribution in [1.82, 2.24) is 20.2 Å². The van der Waals surface area contributed by atoms with Gasteiger partial charge in [0.15, 0.2) is 5.82 Å². The summed E-state index contributed by atoms with van der Waals surface area (Å²) in [5.41, 5.74) is 2.07. The summed E-state index contributed by atoms with van der Waals surface area (Å²) in [5, 5.41) is 11.2. The molecular formula is C20H24N6. The van der Waals surface area contributed by atoms with Gasteiger partial charge in [-0.1, -0.05) is 24.3 Å². The molecule has 0 N–H and O–H groups in total. The minimum Gasteiger partial charge on any atom is -0.354 e. The highest BCUT2D eigenvalue weighted by Gasteiger charge is 2.25. The summed E-state index contributed by atoms with van der Waals surface area (Å²) in [6.45, 7) is 5.95. The number of aromatic nitrogens is 4. The molecule has 0 unspecified atom stereocenters. The normalized spacial score (nSPS) is 15.4. The third-order valence-electron chi connectivity index (χ3n) is 5.25. The summed E-state index contributed by atoms with van der Waals surface area (Å²) in [5.74, 6) is 1.80. The minimum atomic E-state index is 0.443. The maximum absolute atomic E-state index is 4.51. The van der Waals surface area contributed by atoms with E-state index in [-0.39, 0.29) is 0 Å². The van der Waals surface area contributed by atoms with Gasteiger partial charge in [0.1, 0.15) is 0 Å². The molecule has 3 heterocycles. The fourth-order valence-corrected chi connectivity index (χ4v) is 3.65. The fourth-order valence-electron chi connectivity index (χ4n) is 3.65. The summed E-state index contributed by atoms with van der Waals surface area (Å²) in [7, 11) is 2.09. The number of hydrogen-bond donors (Lipinski definition) is 0. The van der Waals surface area contributed by atoms with Crippen molar-refractivity contribution in [2.75, 3.05) is 29.9 Å². The third-order valence-corrected chi connectivity index (χ3v) is 5.25. The molecule has 3 aromatic rings. The summed E-state index contributed by atoms with van der Waals surface area (Å²) >= 11 is 0. The zero-order valence-corrected chi connectivity index (χ0v) is 15.6. The predicted molar refractivity (Wildman–Crippen MR) is 105 cm³/mol. The second kappa shape index (κ2) is 6.86. The van der Waals surface area contributed by atoms with E-state index in [1.165, 1.54) is 10.8 Å². The van der Waals surface area contributed by atoms with Crippen LogP contribution in [0.4, 0.5) is 11.8 Å². The van der Waals surface area contributed by atoms with Gasteiger partial charge in [0, 0.05) is 49.3 Å². The average molecular weight is 348 g/mol. The Labute approximate surface area is 153 Å². The molecule has 0 aliphatic carbocycles. The van der Waals surface area contributed by atoms with Crippen LogP contribution in [-0.4, -0.2) is 46.3 Å². The van der Waals surface area contributed by atoms with Crippen molar-refractivity contribution in [3.63, 3.8) is 0 Å². The van der Waals surface area contributed by atoms with Crippen LogP contribution in [0.1, 0.15) is 24.1 Å². The van der Waals surface area contributed by atoms with E-state index in [2.05, 4.69) is 61.3 Å². The molecule has 0 radical (unpaired) electrons. The lowest BCUT2D eigenvalue weighted by Crippen LogP contribution is -2.44. The molecule has 6 heteroatoms. The highest BCUT2D eigenvalue weighted by molar-refractivity contribution is 5.93. The molecule has 26 heavy (non-hydrogen) atoms. The zero-order valence-electron chi connectivity index (χ0n) is 15.6. The maximum Gasteiger partial charge on any atom is 0.225 e. The van der Waals surface area contributed by atoms with E-state index in [0.717, 1.165) is 49.0 Å². The van der Waals surface area contributed by atoms with Crippen molar-refractivity contribution in [2.45, 2.75) is 32.7 Å². The van der Waals surface area contributed by atoms with E-state index in [0.29, 0.717) is 6.04 Å². The first-order chi connectivity index (χ1) is 12.6. The Bertz CT molecular complexity index is 900. The predicted octanol–water partition coefficient (Wildman–Crippen LogP) is 3.14. The topological polar surface area (TPSA) is 58.0 Å². The molecule has 0 spiro atoms. The molecule has 0 amide bonds. The minimum absolute atomic E-state index is 0.443. The molecule has 1 saturated heterocycles. The summed E-state index contributed by atoms with van der Waals surface area (Å²) in [6, 6.07) is 8.84. The lowest BCUT2D eigenvalue weighted by atomic mass is 10.0. The number of rotatable bonds is 3. The number of anilines is 2. The number of nitrogens with zero attached hydrogens (tertiary/aromatic N) is 6. The summed E-state index contributed by atoms with van der Waals surface area (Å²) in [4.78, 5) is 13.5. The molecular weight excluding hydrogens is 324 g/mol. The number of fused-ring (bicyclic) bond motifs is 1. The van der Waals surface area contributed by atoms with Gasteiger partial charge in [-0.15, -0.1) is 5.10 Å². The summed E-state index contributed by atoms with van der Waals surface area (Å²) < 4.78 is 0. The van der Waals surface area contributed by atoms with Crippen molar-refractivity contribution in [2.24, 2.45) is 0 Å². The lowest BCUT2D eigenvalue weighted by molar-refractivity contribution is 0.475. The van der Waals surface area contributed by atoms with Crippen LogP contribution >= 0.6 is 0 Å². The standard InChI is InChI=1S/C20H24N6/c1-14-12-21-20(22-13-14)25(3)16-8-10-26(11-9-16)19-18-7-5-4-6-17(18)15(2)23-24-19/h4-7,12-13,16H,8-11H2,1-3H3. The molecule has 0 atom stereocenters. The smallest absolute Gasteiger partial charge is 0.225 e. The Hall–Kier alpha value is -2.76. The molecule has 1 fully saturated rings. The van der Waals surface area contributed by atoms with Crippen molar-refractivity contribution in [1.29, 1.82) is 0 Å². The molecule has 134 valence electrons. The molecule has 0 bridgehead atoms. The van der Waals surface area contributed by atoms with Crippen molar-refractivity contribution in [3.8, 4) is 0 Å². The number of benzene rings is 1. The zero-order chi connectivity index (χ0) is 18.1. The second-order valence-electron chi connectivity index (χ2n) is 7.04. The first kappa shape index (κ1) is 16.7. The van der Waals surface area contributed by atoms with Crippen LogP contribution in [0.2, 0.25) is 0 Å². The van der Waals surface area contributed by atoms with Gasteiger partial charge in [-0.05, 0) is 32.3 Å². The molecule has 1 aliphatic heterocycles. The van der Waals surface area contributed by atoms with E-state index in [1.54, 1.807) is 0 Å². The summed E-state index contributed by atoms with van der Waals surface area (Å²) in [6.07, 6.45) is 5.86. The van der Waals surface area contributed by atoms with Gasteiger partial charge in [-0.2, -0.15) is 5.10 Å². The Morgan fingerprint density at radius 2 is 1.62 bits per heavy atom. The Kier molecular flexibility index (Phi) is 4.41. The quantitative estimate of drug-likeness (QED) is 0.725. The molecule has 6 nitrogen and oxygen atoms in total. The van der Waals surface area contributed by atoms with Crippen molar-refractivity contribution in [3.05, 3.63) is 47.9 Å². The van der Waals surface area contributed by atoms with Crippen molar-refractivity contribution >= 4 is 22.5 Å². The third kappa shape index (κ3) is 3.07. The van der Waals surface area contributed by atoms with Gasteiger partial charge in [0.2, 0.25) is 5.95 Å². The van der Waals surface area contributed by atoms with Crippen LogP contribution in [0.3, 0.4) is 0 Å². The van der Waals surface area contributed by atoms with E-state index in [1.807, 2.05) is 26.2 Å². The van der Waals surface area contributed by atoms with Crippen LogP contribution in [0.25, 0.3) is 10.8 Å². The van der Waals surface area contributed by atoms with E-state index >= 15 is 0 Å². The molecule has 1 aliphatic rings. The van der Waals surface area contributed by atoms with E-state index in [4.69, 9.17) is 0 Å². The van der Waals surface area contributed by atoms with Crippen molar-refractivity contribution < 1.29 is 0 Å². The first-order valence-electron chi connectivity index (χ1n) is 9.12. The molecule has 0 saturated carbocycles. The van der Waals surface area contributed by atoms with E-state index < -0.39 is 0 Å². The van der Waals surface area contributed by atoms with Gasteiger partial charge < -0.3 is 9.80 Å². The van der Waals surface area contributed by atoms with Crippen LogP contribution in [0, 0.1) is 13.8 Å². The first-order valence-corrected chi connectivity index (χ1v) is 9.12. The Morgan fingerprint density at radius 3 is 2.31 bits per heavy atom. The van der Waals surface area contributed by atoms with Crippen LogP contribution in [0.5, 0.6) is 0 Å². The Balaban J connectivity index is 1.50. The van der Waals surface area contributed by atoms with Gasteiger partial charge in [0.25, 0.3) is 0 Å². The Morgan fingerprint density at radius 1 is 0.962 bits per heavy atom. The van der Waals surface area contributed by atoms with Gasteiger partial charge in [-0.25, -0.2) is 9.97 Å². The van der Waals surface area contributed by atoms with Gasteiger partial charge in [0.05, 0.1) is 5.69 Å². The highest BCUT2D eigenvalue weighted by atomic mass is 15.3. The number of piperidine rings is 1. The van der Waals surface area contributed by atoms with Gasteiger partial charge in [-0.3, -0.25) is 0 Å². The van der Waals surface area contributed by atoms with Crippen LogP contribution in [0.15, 0.2) is 36.7 Å². The largest absolute Gasteiger partial charge is 0.354 e. The SMILES string of the molecule is Cc1cnc(N(C)C2CCN(c3nnc(C)c4ccccc34)CC2)nc1. The average Bonchev–Trinajstić information content (AvgIpc) is 2.69. The molecule has 2 aromatic heterocycles. The number of aryl methyl sites for hydroxylation is 2. The highest BCUT2D eigenvalue weighted by Crippen LogP contribution is 2.28. The number of hydrogen-bond acceptors (Lipinski definition) is 6. The monoisotopic (exact) mass is 348 g/mol. The van der Waals surface area contributed by atoms with E-state index in [9.17, 15) is 0 Å². The molecule has 4 rings (SSSR count). The maximum atomic E-state index is 4.51. The van der Waals surface area contributed by atoms with Gasteiger partial charge >= 0.3 is 0 Å². The second-order valence-corrected chi connectivity index (χ2v) is 7.04. The molecule has 1 aromatic carbocycles. The lowest BCUT2D eigenvalue weighted by Gasteiger charge is -2.37. The van der Waals surface area contributed by atoms with Crippen LogP contribution < -0.4 is 9.80 Å². The fraction of sp³-hybridized carbons (Fsp3) is 0.400.